The molecule has 1 rings (SSSR count). The van der Waals surface area contributed by atoms with Crippen LogP contribution in [0, 0.1) is 11.8 Å². The van der Waals surface area contributed by atoms with Crippen LogP contribution < -0.4 is 5.73 Å². The molecule has 0 aliphatic rings. The molecule has 0 bridgehead atoms. The van der Waals surface area contributed by atoms with Crippen molar-refractivity contribution >= 4 is 23.2 Å². The second kappa shape index (κ2) is 8.35. The molecule has 0 aliphatic heterocycles. The SMILES string of the molecule is CCOC(=O)CCN(C)C(=O)c1sccc1C#CCN. The van der Waals surface area contributed by atoms with Crippen molar-refractivity contribution in [1.82, 2.24) is 4.90 Å². The molecule has 0 aliphatic carbocycles. The van der Waals surface area contributed by atoms with E-state index in [-0.39, 0.29) is 24.8 Å². The Morgan fingerprint density at radius 2 is 2.25 bits per heavy atom. The molecular formula is C14H18N2O3S. The van der Waals surface area contributed by atoms with E-state index < -0.39 is 0 Å². The van der Waals surface area contributed by atoms with Crippen molar-refractivity contribution < 1.29 is 14.3 Å². The zero-order valence-corrected chi connectivity index (χ0v) is 12.5. The summed E-state index contributed by atoms with van der Waals surface area (Å²) >= 11 is 1.33. The van der Waals surface area contributed by atoms with Crippen LogP contribution >= 0.6 is 11.3 Å². The van der Waals surface area contributed by atoms with Gasteiger partial charge < -0.3 is 15.4 Å². The lowest BCUT2D eigenvalue weighted by Gasteiger charge is -2.15. The van der Waals surface area contributed by atoms with Crippen molar-refractivity contribution in [3.63, 3.8) is 0 Å². The van der Waals surface area contributed by atoms with Crippen molar-refractivity contribution in [2.75, 3.05) is 26.7 Å². The molecule has 5 nitrogen and oxygen atoms in total. The predicted octanol–water partition coefficient (Wildman–Crippen LogP) is 1.08. The van der Waals surface area contributed by atoms with E-state index in [1.54, 1.807) is 20.0 Å². The lowest BCUT2D eigenvalue weighted by atomic mass is 10.2. The Labute approximate surface area is 122 Å². The summed E-state index contributed by atoms with van der Waals surface area (Å²) in [4.78, 5) is 25.6. The summed E-state index contributed by atoms with van der Waals surface area (Å²) in [5, 5.41) is 1.81. The molecule has 0 aromatic carbocycles. The van der Waals surface area contributed by atoms with Gasteiger partial charge in [-0.2, -0.15) is 0 Å². The lowest BCUT2D eigenvalue weighted by Crippen LogP contribution is -2.29. The molecule has 20 heavy (non-hydrogen) atoms. The van der Waals surface area contributed by atoms with E-state index in [1.807, 2.05) is 5.38 Å². The molecule has 6 heteroatoms. The summed E-state index contributed by atoms with van der Waals surface area (Å²) in [6.45, 7) is 2.67. The number of rotatable bonds is 5. The Morgan fingerprint density at radius 3 is 2.90 bits per heavy atom. The molecule has 108 valence electrons. The number of esters is 1. The largest absolute Gasteiger partial charge is 0.466 e. The highest BCUT2D eigenvalue weighted by molar-refractivity contribution is 7.12. The van der Waals surface area contributed by atoms with Crippen LogP contribution in [0.25, 0.3) is 0 Å². The second-order valence-corrected chi connectivity index (χ2v) is 4.87. The molecule has 0 atom stereocenters. The van der Waals surface area contributed by atoms with Crippen molar-refractivity contribution in [1.29, 1.82) is 0 Å². The van der Waals surface area contributed by atoms with Crippen LogP contribution in [0.4, 0.5) is 0 Å². The summed E-state index contributed by atoms with van der Waals surface area (Å²) < 4.78 is 4.83. The minimum atomic E-state index is -0.304. The zero-order chi connectivity index (χ0) is 15.0. The minimum absolute atomic E-state index is 0.148. The number of carbonyl (C=O) groups is 2. The molecule has 1 amide bonds. The van der Waals surface area contributed by atoms with Gasteiger partial charge in [0.15, 0.2) is 0 Å². The van der Waals surface area contributed by atoms with Crippen LogP contribution in [0.3, 0.4) is 0 Å². The number of hydrogen-bond donors (Lipinski definition) is 1. The fourth-order valence-electron chi connectivity index (χ4n) is 1.49. The zero-order valence-electron chi connectivity index (χ0n) is 11.6. The fraction of sp³-hybridized carbons (Fsp3) is 0.429. The van der Waals surface area contributed by atoms with Gasteiger partial charge in [0, 0.05) is 19.2 Å². The van der Waals surface area contributed by atoms with Gasteiger partial charge in [-0.25, -0.2) is 0 Å². The van der Waals surface area contributed by atoms with Crippen LogP contribution in [0.15, 0.2) is 11.4 Å². The van der Waals surface area contributed by atoms with E-state index in [1.165, 1.54) is 16.2 Å². The first-order valence-electron chi connectivity index (χ1n) is 6.27. The van der Waals surface area contributed by atoms with Gasteiger partial charge in [0.1, 0.15) is 4.88 Å². The molecule has 0 fully saturated rings. The van der Waals surface area contributed by atoms with Gasteiger partial charge in [-0.15, -0.1) is 11.3 Å². The van der Waals surface area contributed by atoms with Gasteiger partial charge in [-0.05, 0) is 18.4 Å². The highest BCUT2D eigenvalue weighted by atomic mass is 32.1. The summed E-state index contributed by atoms with van der Waals surface area (Å²) in [5.74, 6) is 5.15. The van der Waals surface area contributed by atoms with Crippen molar-refractivity contribution in [3.05, 3.63) is 21.9 Å². The van der Waals surface area contributed by atoms with E-state index >= 15 is 0 Å². The average molecular weight is 294 g/mol. The smallest absolute Gasteiger partial charge is 0.307 e. The monoisotopic (exact) mass is 294 g/mol. The Morgan fingerprint density at radius 1 is 1.50 bits per heavy atom. The average Bonchev–Trinajstić information content (AvgIpc) is 2.90. The molecule has 1 aromatic rings. The lowest BCUT2D eigenvalue weighted by molar-refractivity contribution is -0.143. The van der Waals surface area contributed by atoms with Crippen LogP contribution in [0.5, 0.6) is 0 Å². The maximum atomic E-state index is 12.2. The van der Waals surface area contributed by atoms with Gasteiger partial charge in [0.25, 0.3) is 5.91 Å². The van der Waals surface area contributed by atoms with E-state index in [2.05, 4.69) is 11.8 Å². The number of carbonyl (C=O) groups excluding carboxylic acids is 2. The molecule has 2 N–H and O–H groups in total. The topological polar surface area (TPSA) is 72.6 Å². The third kappa shape index (κ3) is 4.68. The standard InChI is InChI=1S/C14H18N2O3S/c1-3-19-12(17)6-9-16(2)14(18)13-11(5-4-8-15)7-10-20-13/h7,10H,3,6,8-9,15H2,1-2H3. The van der Waals surface area contributed by atoms with Crippen molar-refractivity contribution in [3.8, 4) is 11.8 Å². The first-order chi connectivity index (χ1) is 9.60. The van der Waals surface area contributed by atoms with E-state index in [0.717, 1.165) is 0 Å². The molecule has 1 heterocycles. The van der Waals surface area contributed by atoms with Crippen molar-refractivity contribution in [2.45, 2.75) is 13.3 Å². The Balaban J connectivity index is 2.65. The first kappa shape index (κ1) is 16.2. The number of nitrogens with two attached hydrogens (primary N) is 1. The molecule has 0 spiro atoms. The van der Waals surface area contributed by atoms with E-state index in [4.69, 9.17) is 10.5 Å². The molecule has 0 radical (unpaired) electrons. The van der Waals surface area contributed by atoms with Crippen molar-refractivity contribution in [2.24, 2.45) is 5.73 Å². The van der Waals surface area contributed by atoms with E-state index in [0.29, 0.717) is 23.6 Å². The number of thiophene rings is 1. The number of amides is 1. The van der Waals surface area contributed by atoms with Gasteiger partial charge in [-0.1, -0.05) is 11.8 Å². The second-order valence-electron chi connectivity index (χ2n) is 3.95. The van der Waals surface area contributed by atoms with Gasteiger partial charge in [0.2, 0.25) is 0 Å². The molecule has 0 saturated carbocycles. The highest BCUT2D eigenvalue weighted by Crippen LogP contribution is 2.17. The third-order valence-electron chi connectivity index (χ3n) is 2.49. The van der Waals surface area contributed by atoms with Crippen LogP contribution in [-0.2, 0) is 9.53 Å². The van der Waals surface area contributed by atoms with E-state index in [9.17, 15) is 9.59 Å². The molecular weight excluding hydrogens is 276 g/mol. The number of hydrogen-bond acceptors (Lipinski definition) is 5. The Bertz CT molecular complexity index is 528. The first-order valence-corrected chi connectivity index (χ1v) is 7.15. The number of nitrogens with zero attached hydrogens (tertiary/aromatic N) is 1. The van der Waals surface area contributed by atoms with Crippen LogP contribution in [-0.4, -0.2) is 43.5 Å². The van der Waals surface area contributed by atoms with Gasteiger partial charge in [0.05, 0.1) is 19.6 Å². The normalized spacial score (nSPS) is 9.55. The highest BCUT2D eigenvalue weighted by Gasteiger charge is 2.17. The Hall–Kier alpha value is -1.84. The van der Waals surface area contributed by atoms with Crippen LogP contribution in [0.1, 0.15) is 28.6 Å². The molecule has 0 saturated heterocycles. The summed E-state index contributed by atoms with van der Waals surface area (Å²) in [6, 6.07) is 1.79. The molecule has 1 aromatic heterocycles. The predicted molar refractivity (Wildman–Crippen MR) is 78.5 cm³/mol. The van der Waals surface area contributed by atoms with Gasteiger partial charge >= 0.3 is 5.97 Å². The maximum Gasteiger partial charge on any atom is 0.307 e. The summed E-state index contributed by atoms with van der Waals surface area (Å²) in [7, 11) is 1.65. The van der Waals surface area contributed by atoms with Gasteiger partial charge in [-0.3, -0.25) is 9.59 Å². The maximum absolute atomic E-state index is 12.2. The quantitative estimate of drug-likeness (QED) is 0.651. The Kier molecular flexibility index (Phi) is 6.77. The summed E-state index contributed by atoms with van der Waals surface area (Å²) in [5.41, 5.74) is 6.00. The minimum Gasteiger partial charge on any atom is -0.466 e. The third-order valence-corrected chi connectivity index (χ3v) is 3.39. The fourth-order valence-corrected chi connectivity index (χ4v) is 2.33. The molecule has 0 unspecified atom stereocenters. The number of ether oxygens (including phenoxy) is 1. The van der Waals surface area contributed by atoms with Crippen LogP contribution in [0.2, 0.25) is 0 Å². The summed E-state index contributed by atoms with van der Waals surface area (Å²) in [6.07, 6.45) is 0.186.